The van der Waals surface area contributed by atoms with Gasteiger partial charge < -0.3 is 15.4 Å². The lowest BCUT2D eigenvalue weighted by Gasteiger charge is -2.06. The minimum Gasteiger partial charge on any atom is -0.468 e. The molecule has 0 aliphatic rings. The van der Waals surface area contributed by atoms with Gasteiger partial charge in [0.05, 0.1) is 7.11 Å². The lowest BCUT2D eigenvalue weighted by atomic mass is 10.2. The van der Waals surface area contributed by atoms with Crippen molar-refractivity contribution in [3.05, 3.63) is 34.3 Å². The number of ether oxygens (including phenoxy) is 1. The summed E-state index contributed by atoms with van der Waals surface area (Å²) in [6, 6.07) is 7.18. The number of methoxy groups -OCH3 is 1. The number of rotatable bonds is 4. The maximum Gasteiger partial charge on any atom is 0.325 e. The van der Waals surface area contributed by atoms with Crippen LogP contribution in [0.4, 0.5) is 4.79 Å². The third-order valence-electron chi connectivity index (χ3n) is 1.96. The molecule has 0 atom stereocenters. The largest absolute Gasteiger partial charge is 0.468 e. The monoisotopic (exact) mass is 300 g/mol. The summed E-state index contributed by atoms with van der Waals surface area (Å²) in [4.78, 5) is 22.0. The summed E-state index contributed by atoms with van der Waals surface area (Å²) in [5.41, 5.74) is 0.965. The fourth-order valence-electron chi connectivity index (χ4n) is 1.12. The molecule has 0 spiro atoms. The molecule has 17 heavy (non-hydrogen) atoms. The van der Waals surface area contributed by atoms with Gasteiger partial charge in [0.15, 0.2) is 0 Å². The van der Waals surface area contributed by atoms with E-state index in [4.69, 9.17) is 0 Å². The van der Waals surface area contributed by atoms with E-state index in [1.54, 1.807) is 0 Å². The number of hydrogen-bond donors (Lipinski definition) is 2. The average molecular weight is 301 g/mol. The van der Waals surface area contributed by atoms with E-state index in [1.165, 1.54) is 7.11 Å². The molecule has 0 radical (unpaired) electrons. The molecular formula is C11H13BrN2O3. The molecule has 0 bridgehead atoms. The van der Waals surface area contributed by atoms with Crippen LogP contribution in [0.3, 0.4) is 0 Å². The fourth-order valence-corrected chi connectivity index (χ4v) is 1.56. The number of amides is 2. The van der Waals surface area contributed by atoms with Gasteiger partial charge in [0.2, 0.25) is 0 Å². The van der Waals surface area contributed by atoms with Crippen LogP contribution >= 0.6 is 15.9 Å². The van der Waals surface area contributed by atoms with Gasteiger partial charge >= 0.3 is 12.0 Å². The van der Waals surface area contributed by atoms with E-state index in [1.807, 2.05) is 24.3 Å². The molecule has 2 N–H and O–H groups in total. The quantitative estimate of drug-likeness (QED) is 0.827. The van der Waals surface area contributed by atoms with E-state index in [2.05, 4.69) is 31.3 Å². The highest BCUT2D eigenvalue weighted by Crippen LogP contribution is 2.11. The van der Waals surface area contributed by atoms with Gasteiger partial charge in [-0.05, 0) is 17.7 Å². The molecule has 92 valence electrons. The van der Waals surface area contributed by atoms with E-state index in [0.29, 0.717) is 6.54 Å². The number of urea groups is 1. The van der Waals surface area contributed by atoms with Crippen molar-refractivity contribution >= 4 is 27.9 Å². The average Bonchev–Trinajstić information content (AvgIpc) is 2.33. The number of esters is 1. The molecule has 2 amide bonds. The van der Waals surface area contributed by atoms with Gasteiger partial charge in [0.1, 0.15) is 6.54 Å². The van der Waals surface area contributed by atoms with Gasteiger partial charge in [-0.15, -0.1) is 0 Å². The van der Waals surface area contributed by atoms with Crippen LogP contribution in [0.1, 0.15) is 5.56 Å². The second kappa shape index (κ2) is 6.90. The zero-order chi connectivity index (χ0) is 12.7. The highest BCUT2D eigenvalue weighted by molar-refractivity contribution is 9.10. The topological polar surface area (TPSA) is 67.4 Å². The molecule has 0 saturated carbocycles. The molecule has 0 fully saturated rings. The van der Waals surface area contributed by atoms with Crippen LogP contribution in [0.2, 0.25) is 0 Å². The highest BCUT2D eigenvalue weighted by Gasteiger charge is 2.04. The van der Waals surface area contributed by atoms with E-state index < -0.39 is 12.0 Å². The first-order valence-electron chi connectivity index (χ1n) is 4.95. The molecule has 1 rings (SSSR count). The molecule has 0 aliphatic carbocycles. The van der Waals surface area contributed by atoms with Gasteiger partial charge in [-0.1, -0.05) is 28.1 Å². The Bertz CT molecular complexity index is 409. The summed E-state index contributed by atoms with van der Waals surface area (Å²) in [6.45, 7) is 0.257. The molecule has 1 aromatic rings. The zero-order valence-electron chi connectivity index (χ0n) is 9.33. The van der Waals surface area contributed by atoms with Crippen molar-refractivity contribution in [3.63, 3.8) is 0 Å². The third kappa shape index (κ3) is 5.35. The van der Waals surface area contributed by atoms with Gasteiger partial charge in [-0.3, -0.25) is 4.79 Å². The van der Waals surface area contributed by atoms with Crippen LogP contribution in [0.15, 0.2) is 28.7 Å². The first-order valence-corrected chi connectivity index (χ1v) is 5.74. The number of carbonyl (C=O) groups is 2. The molecule has 1 aromatic carbocycles. The van der Waals surface area contributed by atoms with E-state index in [9.17, 15) is 9.59 Å². The van der Waals surface area contributed by atoms with Crippen LogP contribution in [0, 0.1) is 0 Å². The van der Waals surface area contributed by atoms with Crippen molar-refractivity contribution in [2.24, 2.45) is 0 Å². The Morgan fingerprint density at radius 3 is 2.76 bits per heavy atom. The van der Waals surface area contributed by atoms with Crippen LogP contribution < -0.4 is 10.6 Å². The second-order valence-corrected chi connectivity index (χ2v) is 4.16. The number of nitrogens with one attached hydrogen (secondary N) is 2. The Kier molecular flexibility index (Phi) is 5.48. The Hall–Kier alpha value is -1.56. The van der Waals surface area contributed by atoms with E-state index in [-0.39, 0.29) is 6.54 Å². The molecular weight excluding hydrogens is 288 g/mol. The van der Waals surface area contributed by atoms with Crippen molar-refractivity contribution in [1.82, 2.24) is 10.6 Å². The number of halogens is 1. The smallest absolute Gasteiger partial charge is 0.325 e. The van der Waals surface area contributed by atoms with E-state index >= 15 is 0 Å². The number of hydrogen-bond acceptors (Lipinski definition) is 3. The van der Waals surface area contributed by atoms with Crippen molar-refractivity contribution < 1.29 is 14.3 Å². The molecule has 0 aliphatic heterocycles. The summed E-state index contributed by atoms with van der Waals surface area (Å²) in [5.74, 6) is -0.484. The summed E-state index contributed by atoms with van der Waals surface area (Å²) < 4.78 is 5.34. The summed E-state index contributed by atoms with van der Waals surface area (Å²) >= 11 is 3.34. The first kappa shape index (κ1) is 13.5. The predicted molar refractivity (Wildman–Crippen MR) is 66.4 cm³/mol. The lowest BCUT2D eigenvalue weighted by molar-refractivity contribution is -0.139. The van der Waals surface area contributed by atoms with Crippen molar-refractivity contribution in [3.8, 4) is 0 Å². The fraction of sp³-hybridized carbons (Fsp3) is 0.273. The van der Waals surface area contributed by atoms with Gasteiger partial charge in [-0.2, -0.15) is 0 Å². The van der Waals surface area contributed by atoms with Gasteiger partial charge in [0.25, 0.3) is 0 Å². The van der Waals surface area contributed by atoms with Crippen LogP contribution in [0.25, 0.3) is 0 Å². The standard InChI is InChI=1S/C11H13BrN2O3/c1-17-10(15)7-14-11(16)13-6-8-3-2-4-9(12)5-8/h2-5H,6-7H2,1H3,(H2,13,14,16). The molecule has 0 heterocycles. The Labute approximate surface area is 108 Å². The minimum atomic E-state index is -0.484. The molecule has 0 unspecified atom stereocenters. The van der Waals surface area contributed by atoms with Gasteiger partial charge in [-0.25, -0.2) is 4.79 Å². The molecule has 0 aromatic heterocycles. The van der Waals surface area contributed by atoms with Gasteiger partial charge in [0, 0.05) is 11.0 Å². The number of carbonyl (C=O) groups excluding carboxylic acids is 2. The van der Waals surface area contributed by atoms with Crippen molar-refractivity contribution in [2.75, 3.05) is 13.7 Å². The molecule has 0 saturated heterocycles. The minimum absolute atomic E-state index is 0.138. The van der Waals surface area contributed by atoms with Crippen molar-refractivity contribution in [2.45, 2.75) is 6.54 Å². The SMILES string of the molecule is COC(=O)CNC(=O)NCc1cccc(Br)c1. The summed E-state index contributed by atoms with van der Waals surface area (Å²) in [6.07, 6.45) is 0. The van der Waals surface area contributed by atoms with E-state index in [0.717, 1.165) is 10.0 Å². The third-order valence-corrected chi connectivity index (χ3v) is 2.46. The Balaban J connectivity index is 2.31. The van der Waals surface area contributed by atoms with Crippen LogP contribution in [-0.2, 0) is 16.1 Å². The highest BCUT2D eigenvalue weighted by atomic mass is 79.9. The van der Waals surface area contributed by atoms with Crippen LogP contribution in [-0.4, -0.2) is 25.7 Å². The summed E-state index contributed by atoms with van der Waals surface area (Å²) in [5, 5.41) is 5.01. The van der Waals surface area contributed by atoms with Crippen LogP contribution in [0.5, 0.6) is 0 Å². The molecule has 5 nitrogen and oxygen atoms in total. The maximum absolute atomic E-state index is 11.3. The molecule has 6 heteroatoms. The predicted octanol–water partition coefficient (Wildman–Crippen LogP) is 1.42. The summed E-state index contributed by atoms with van der Waals surface area (Å²) in [7, 11) is 1.27. The number of benzene rings is 1. The van der Waals surface area contributed by atoms with Crippen molar-refractivity contribution in [1.29, 1.82) is 0 Å². The first-order chi connectivity index (χ1) is 8.11. The normalized spacial score (nSPS) is 9.53. The second-order valence-electron chi connectivity index (χ2n) is 3.24. The lowest BCUT2D eigenvalue weighted by Crippen LogP contribution is -2.38. The maximum atomic E-state index is 11.3. The Morgan fingerprint density at radius 2 is 2.12 bits per heavy atom. The Morgan fingerprint density at radius 1 is 1.35 bits per heavy atom. The zero-order valence-corrected chi connectivity index (χ0v) is 10.9.